The van der Waals surface area contributed by atoms with E-state index in [0.717, 1.165) is 35.5 Å². The largest absolute Gasteiger partial charge is 0.474 e. The predicted molar refractivity (Wildman–Crippen MR) is 92.2 cm³/mol. The second-order valence-corrected chi connectivity index (χ2v) is 6.37. The summed E-state index contributed by atoms with van der Waals surface area (Å²) in [6.45, 7) is 7.24. The zero-order chi connectivity index (χ0) is 17.1. The van der Waals surface area contributed by atoms with Gasteiger partial charge in [-0.15, -0.1) is 0 Å². The summed E-state index contributed by atoms with van der Waals surface area (Å²) in [5.41, 5.74) is 2.82. The number of hydrogen-bond acceptors (Lipinski definition) is 4. The van der Waals surface area contributed by atoms with Gasteiger partial charge in [0.1, 0.15) is 11.9 Å². The van der Waals surface area contributed by atoms with E-state index in [9.17, 15) is 4.79 Å². The number of benzene rings is 1. The zero-order valence-electron chi connectivity index (χ0n) is 14.5. The lowest BCUT2D eigenvalue weighted by molar-refractivity contribution is 0.0587. The van der Waals surface area contributed by atoms with E-state index < -0.39 is 0 Å². The summed E-state index contributed by atoms with van der Waals surface area (Å²) in [6, 6.07) is 9.60. The van der Waals surface area contributed by atoms with Gasteiger partial charge in [0.2, 0.25) is 5.88 Å². The lowest BCUT2D eigenvalue weighted by atomic mass is 10.1. The molecule has 1 aromatic heterocycles. The Morgan fingerprint density at radius 1 is 1.08 bits per heavy atom. The van der Waals surface area contributed by atoms with Crippen LogP contribution >= 0.6 is 0 Å². The number of hydrogen-bond donors (Lipinski definition) is 0. The molecule has 0 bridgehead atoms. The standard InChI is InChI=1S/C19H23N3O2/c1-13-4-6-16(7-5-13)19(23)22-10-8-17(9-11-22)24-18-12-14(2)20-15(3)21-18/h4-7,12,17H,8-11H2,1-3H3. The van der Waals surface area contributed by atoms with E-state index in [1.165, 1.54) is 0 Å². The van der Waals surface area contributed by atoms with Gasteiger partial charge in [-0.1, -0.05) is 17.7 Å². The highest BCUT2D eigenvalue weighted by molar-refractivity contribution is 5.94. The molecule has 1 amide bonds. The molecule has 0 saturated carbocycles. The molecule has 0 atom stereocenters. The molecule has 0 radical (unpaired) electrons. The topological polar surface area (TPSA) is 55.3 Å². The van der Waals surface area contributed by atoms with Crippen molar-refractivity contribution in [3.63, 3.8) is 0 Å². The molecular formula is C19H23N3O2. The van der Waals surface area contributed by atoms with Gasteiger partial charge in [-0.25, -0.2) is 4.98 Å². The number of carbonyl (C=O) groups excluding carboxylic acids is 1. The van der Waals surface area contributed by atoms with Crippen molar-refractivity contribution in [2.45, 2.75) is 39.7 Å². The number of nitrogens with zero attached hydrogens (tertiary/aromatic N) is 3. The summed E-state index contributed by atoms with van der Waals surface area (Å²) in [5, 5.41) is 0. The van der Waals surface area contributed by atoms with Crippen LogP contribution in [0.1, 0.15) is 40.3 Å². The molecule has 0 aliphatic carbocycles. The molecule has 2 heterocycles. The lowest BCUT2D eigenvalue weighted by Crippen LogP contribution is -2.41. The van der Waals surface area contributed by atoms with Crippen molar-refractivity contribution in [2.75, 3.05) is 13.1 Å². The van der Waals surface area contributed by atoms with Crippen LogP contribution in [0.4, 0.5) is 0 Å². The normalized spacial score (nSPS) is 15.4. The summed E-state index contributed by atoms with van der Waals surface area (Å²) in [5.74, 6) is 1.45. The zero-order valence-corrected chi connectivity index (χ0v) is 14.5. The van der Waals surface area contributed by atoms with Crippen molar-refractivity contribution in [1.82, 2.24) is 14.9 Å². The van der Waals surface area contributed by atoms with Crippen molar-refractivity contribution in [3.8, 4) is 5.88 Å². The lowest BCUT2D eigenvalue weighted by Gasteiger charge is -2.32. The first-order valence-electron chi connectivity index (χ1n) is 8.36. The number of aryl methyl sites for hydroxylation is 3. The van der Waals surface area contributed by atoms with E-state index in [1.807, 2.05) is 56.0 Å². The van der Waals surface area contributed by atoms with Crippen LogP contribution in [0.5, 0.6) is 5.88 Å². The summed E-state index contributed by atoms with van der Waals surface area (Å²) < 4.78 is 5.98. The highest BCUT2D eigenvalue weighted by atomic mass is 16.5. The van der Waals surface area contributed by atoms with Crippen LogP contribution < -0.4 is 4.74 Å². The summed E-state index contributed by atoms with van der Waals surface area (Å²) >= 11 is 0. The van der Waals surface area contributed by atoms with Gasteiger partial charge < -0.3 is 9.64 Å². The molecule has 0 unspecified atom stereocenters. The Hall–Kier alpha value is -2.43. The van der Waals surface area contributed by atoms with Crippen molar-refractivity contribution < 1.29 is 9.53 Å². The van der Waals surface area contributed by atoms with Gasteiger partial charge in [-0.2, -0.15) is 4.98 Å². The molecule has 3 rings (SSSR count). The predicted octanol–water partition coefficient (Wildman–Crippen LogP) is 3.09. The number of rotatable bonds is 3. The van der Waals surface area contributed by atoms with Crippen LogP contribution in [0.2, 0.25) is 0 Å². The van der Waals surface area contributed by atoms with Gasteiger partial charge in [0.25, 0.3) is 5.91 Å². The quantitative estimate of drug-likeness (QED) is 0.870. The molecule has 1 saturated heterocycles. The maximum Gasteiger partial charge on any atom is 0.253 e. The molecule has 0 spiro atoms. The minimum atomic E-state index is 0.0979. The third-order valence-corrected chi connectivity index (χ3v) is 4.26. The monoisotopic (exact) mass is 325 g/mol. The summed E-state index contributed by atoms with van der Waals surface area (Å²) in [7, 11) is 0. The number of amides is 1. The SMILES string of the molecule is Cc1ccc(C(=O)N2CCC(Oc3cc(C)nc(C)n3)CC2)cc1. The number of aromatic nitrogens is 2. The fraction of sp³-hybridized carbons (Fsp3) is 0.421. The van der Waals surface area contributed by atoms with Crippen LogP contribution in [0.3, 0.4) is 0 Å². The summed E-state index contributed by atoms with van der Waals surface area (Å²) in [6.07, 6.45) is 1.74. The van der Waals surface area contributed by atoms with Gasteiger partial charge in [-0.3, -0.25) is 4.79 Å². The molecule has 2 aromatic rings. The van der Waals surface area contributed by atoms with Gasteiger partial charge in [0.05, 0.1) is 0 Å². The second-order valence-electron chi connectivity index (χ2n) is 6.37. The average Bonchev–Trinajstić information content (AvgIpc) is 2.55. The third-order valence-electron chi connectivity index (χ3n) is 4.26. The second kappa shape index (κ2) is 6.99. The number of carbonyl (C=O) groups is 1. The molecule has 5 heteroatoms. The van der Waals surface area contributed by atoms with E-state index >= 15 is 0 Å². The Kier molecular flexibility index (Phi) is 4.79. The van der Waals surface area contributed by atoms with Crippen LogP contribution in [0.15, 0.2) is 30.3 Å². The minimum Gasteiger partial charge on any atom is -0.474 e. The number of ether oxygens (including phenoxy) is 1. The molecule has 5 nitrogen and oxygen atoms in total. The van der Waals surface area contributed by atoms with Crippen molar-refractivity contribution >= 4 is 5.91 Å². The fourth-order valence-corrected chi connectivity index (χ4v) is 2.97. The van der Waals surface area contributed by atoms with E-state index in [-0.39, 0.29) is 12.0 Å². The molecule has 1 aliphatic heterocycles. The molecule has 1 aliphatic rings. The van der Waals surface area contributed by atoms with Crippen LogP contribution in [0, 0.1) is 20.8 Å². The Labute approximate surface area is 142 Å². The van der Waals surface area contributed by atoms with Crippen LogP contribution in [-0.4, -0.2) is 40.0 Å². The molecule has 1 aromatic carbocycles. The third kappa shape index (κ3) is 3.91. The van der Waals surface area contributed by atoms with Crippen LogP contribution in [-0.2, 0) is 0 Å². The van der Waals surface area contributed by atoms with Crippen LogP contribution in [0.25, 0.3) is 0 Å². The van der Waals surface area contributed by atoms with E-state index in [1.54, 1.807) is 0 Å². The molecule has 0 N–H and O–H groups in total. The Morgan fingerprint density at radius 2 is 1.75 bits per heavy atom. The molecule has 1 fully saturated rings. The molecular weight excluding hydrogens is 302 g/mol. The van der Waals surface area contributed by atoms with Gasteiger partial charge >= 0.3 is 0 Å². The van der Waals surface area contributed by atoms with Gasteiger partial charge in [0, 0.05) is 43.3 Å². The van der Waals surface area contributed by atoms with E-state index in [4.69, 9.17) is 4.74 Å². The number of likely N-dealkylation sites (tertiary alicyclic amines) is 1. The van der Waals surface area contributed by atoms with Crippen molar-refractivity contribution in [3.05, 3.63) is 53.0 Å². The van der Waals surface area contributed by atoms with Crippen molar-refractivity contribution in [2.24, 2.45) is 0 Å². The first kappa shape index (κ1) is 16.4. The van der Waals surface area contributed by atoms with Crippen molar-refractivity contribution in [1.29, 1.82) is 0 Å². The van der Waals surface area contributed by atoms with E-state index in [0.29, 0.717) is 19.0 Å². The first-order chi connectivity index (χ1) is 11.5. The molecule has 126 valence electrons. The van der Waals surface area contributed by atoms with Gasteiger partial charge in [0.15, 0.2) is 0 Å². The first-order valence-corrected chi connectivity index (χ1v) is 8.36. The Bertz CT molecular complexity index is 700. The maximum absolute atomic E-state index is 12.5. The Balaban J connectivity index is 1.57. The van der Waals surface area contributed by atoms with Gasteiger partial charge in [-0.05, 0) is 32.9 Å². The van der Waals surface area contributed by atoms with E-state index in [2.05, 4.69) is 9.97 Å². The highest BCUT2D eigenvalue weighted by Crippen LogP contribution is 2.19. The highest BCUT2D eigenvalue weighted by Gasteiger charge is 2.25. The smallest absolute Gasteiger partial charge is 0.253 e. The minimum absolute atomic E-state index is 0.0979. The average molecular weight is 325 g/mol. The Morgan fingerprint density at radius 3 is 2.38 bits per heavy atom. The number of piperidine rings is 1. The summed E-state index contributed by atoms with van der Waals surface area (Å²) in [4.78, 5) is 23.0. The fourth-order valence-electron chi connectivity index (χ4n) is 2.97. The maximum atomic E-state index is 12.5. The molecule has 24 heavy (non-hydrogen) atoms.